The van der Waals surface area contributed by atoms with Gasteiger partial charge in [0.05, 0.1) is 5.54 Å². The van der Waals surface area contributed by atoms with Crippen molar-refractivity contribution >= 4 is 12.0 Å². The highest BCUT2D eigenvalue weighted by Gasteiger charge is 2.37. The zero-order valence-corrected chi connectivity index (χ0v) is 20.2. The number of amides is 2. The van der Waals surface area contributed by atoms with Crippen LogP contribution in [0.15, 0.2) is 48.8 Å². The minimum Gasteiger partial charge on any atom is -0.490 e. The van der Waals surface area contributed by atoms with Gasteiger partial charge in [0.15, 0.2) is 0 Å². The van der Waals surface area contributed by atoms with Crippen molar-refractivity contribution in [3.63, 3.8) is 0 Å². The van der Waals surface area contributed by atoms with Gasteiger partial charge in [-0.1, -0.05) is 6.07 Å². The van der Waals surface area contributed by atoms with Crippen LogP contribution in [0.4, 0.5) is 4.79 Å². The van der Waals surface area contributed by atoms with Crippen molar-refractivity contribution in [3.05, 3.63) is 59.9 Å². The minimum atomic E-state index is -0.496. The zero-order valence-electron chi connectivity index (χ0n) is 20.2. The number of carbonyl (C=O) groups is 2. The van der Waals surface area contributed by atoms with Crippen LogP contribution in [-0.2, 0) is 10.3 Å². The van der Waals surface area contributed by atoms with Crippen molar-refractivity contribution in [2.24, 2.45) is 0 Å². The van der Waals surface area contributed by atoms with Gasteiger partial charge in [-0.2, -0.15) is 0 Å². The number of piperidine rings is 1. The molecule has 0 saturated carbocycles. The van der Waals surface area contributed by atoms with Gasteiger partial charge in [0.25, 0.3) is 5.91 Å². The maximum Gasteiger partial charge on any atom is 0.410 e. The molecule has 1 aromatic heterocycles. The van der Waals surface area contributed by atoms with Crippen LogP contribution in [0, 0.1) is 0 Å². The number of ether oxygens (including phenoxy) is 2. The first-order valence-corrected chi connectivity index (χ1v) is 11.9. The molecule has 2 aliphatic rings. The van der Waals surface area contributed by atoms with Crippen LogP contribution in [0.25, 0.3) is 0 Å². The van der Waals surface area contributed by atoms with E-state index in [9.17, 15) is 9.59 Å². The van der Waals surface area contributed by atoms with E-state index in [0.717, 1.165) is 37.1 Å². The Hall–Kier alpha value is -3.13. The minimum absolute atomic E-state index is 0.0248. The maximum atomic E-state index is 13.0. The lowest BCUT2D eigenvalue weighted by atomic mass is 9.89. The van der Waals surface area contributed by atoms with Crippen molar-refractivity contribution < 1.29 is 19.1 Å². The summed E-state index contributed by atoms with van der Waals surface area (Å²) in [6, 6.07) is 11.1. The molecule has 1 aromatic carbocycles. The summed E-state index contributed by atoms with van der Waals surface area (Å²) >= 11 is 0. The van der Waals surface area contributed by atoms with Crippen LogP contribution in [0.1, 0.15) is 56.0 Å². The third kappa shape index (κ3) is 5.86. The van der Waals surface area contributed by atoms with Gasteiger partial charge < -0.3 is 25.0 Å². The van der Waals surface area contributed by atoms with Crippen molar-refractivity contribution in [1.82, 2.24) is 20.5 Å². The molecule has 3 heterocycles. The van der Waals surface area contributed by atoms with Gasteiger partial charge in [-0.25, -0.2) is 4.79 Å². The molecule has 0 radical (unpaired) electrons. The fourth-order valence-corrected chi connectivity index (χ4v) is 4.41. The van der Waals surface area contributed by atoms with Crippen LogP contribution < -0.4 is 15.4 Å². The molecule has 2 aliphatic heterocycles. The summed E-state index contributed by atoms with van der Waals surface area (Å²) < 4.78 is 11.6. The average molecular weight is 467 g/mol. The normalized spacial score (nSPS) is 21.2. The second-order valence-corrected chi connectivity index (χ2v) is 10.0. The monoisotopic (exact) mass is 466 g/mol. The van der Waals surface area contributed by atoms with E-state index in [1.807, 2.05) is 51.2 Å². The molecule has 0 unspecified atom stereocenters. The third-order valence-corrected chi connectivity index (χ3v) is 6.24. The summed E-state index contributed by atoms with van der Waals surface area (Å²) in [6.45, 7) is 8.33. The van der Waals surface area contributed by atoms with Gasteiger partial charge in [-0.15, -0.1) is 0 Å². The number of rotatable bonds is 5. The van der Waals surface area contributed by atoms with Gasteiger partial charge in [-0.3, -0.25) is 9.78 Å². The standard InChI is InChI=1S/C26H34N4O4/c1-25(2,3)34-24(32)30-15-10-22(11-16-30)33-21-8-6-19(7-9-21)23(31)29-26(12-14-28-18-26)20-5-4-13-27-17-20/h4-9,13,17,22,28H,10-12,14-16,18H2,1-3H3,(H,29,31)/t26-/m1/s1. The second kappa shape index (κ2) is 10.0. The third-order valence-electron chi connectivity index (χ3n) is 6.24. The Bertz CT molecular complexity index is 974. The number of nitrogens with zero attached hydrogens (tertiary/aromatic N) is 2. The Morgan fingerprint density at radius 1 is 1.15 bits per heavy atom. The average Bonchev–Trinajstić information content (AvgIpc) is 3.29. The lowest BCUT2D eigenvalue weighted by molar-refractivity contribution is 0.0126. The molecule has 8 nitrogen and oxygen atoms in total. The predicted octanol–water partition coefficient (Wildman–Crippen LogP) is 3.48. The summed E-state index contributed by atoms with van der Waals surface area (Å²) in [5.74, 6) is 0.599. The maximum absolute atomic E-state index is 13.0. The first-order valence-electron chi connectivity index (χ1n) is 11.9. The SMILES string of the molecule is CC(C)(C)OC(=O)N1CCC(Oc2ccc(C(=O)N[C@]3(c4cccnc4)CCNC3)cc2)CC1. The van der Waals surface area contributed by atoms with Crippen molar-refractivity contribution in [2.45, 2.75) is 57.3 Å². The highest BCUT2D eigenvalue weighted by molar-refractivity contribution is 5.95. The first-order chi connectivity index (χ1) is 16.2. The number of nitrogens with one attached hydrogen (secondary N) is 2. The lowest BCUT2D eigenvalue weighted by Gasteiger charge is -2.33. The molecule has 182 valence electrons. The number of aromatic nitrogens is 1. The second-order valence-electron chi connectivity index (χ2n) is 10.0. The van der Waals surface area contributed by atoms with E-state index in [1.54, 1.807) is 23.2 Å². The largest absolute Gasteiger partial charge is 0.490 e. The molecule has 0 bridgehead atoms. The molecule has 2 amide bonds. The molecule has 2 saturated heterocycles. The number of pyridine rings is 1. The quantitative estimate of drug-likeness (QED) is 0.701. The molecule has 2 N–H and O–H groups in total. The van der Waals surface area contributed by atoms with E-state index in [4.69, 9.17) is 9.47 Å². The van der Waals surface area contributed by atoms with Crippen molar-refractivity contribution in [3.8, 4) is 5.75 Å². The highest BCUT2D eigenvalue weighted by Crippen LogP contribution is 2.28. The van der Waals surface area contributed by atoms with Crippen molar-refractivity contribution in [1.29, 1.82) is 0 Å². The highest BCUT2D eigenvalue weighted by atomic mass is 16.6. The van der Waals surface area contributed by atoms with Crippen LogP contribution in [0.3, 0.4) is 0 Å². The molecule has 2 aromatic rings. The Morgan fingerprint density at radius 3 is 2.47 bits per heavy atom. The smallest absolute Gasteiger partial charge is 0.410 e. The summed E-state index contributed by atoms with van der Waals surface area (Å²) in [7, 11) is 0. The summed E-state index contributed by atoms with van der Waals surface area (Å²) in [6.07, 6.45) is 5.59. The fourth-order valence-electron chi connectivity index (χ4n) is 4.41. The van der Waals surface area contributed by atoms with Crippen LogP contribution in [0.5, 0.6) is 5.75 Å². The van der Waals surface area contributed by atoms with E-state index in [-0.39, 0.29) is 18.1 Å². The van der Waals surface area contributed by atoms with Gasteiger partial charge in [0, 0.05) is 50.4 Å². The molecular formula is C26H34N4O4. The summed E-state index contributed by atoms with van der Waals surface area (Å²) in [5, 5.41) is 6.57. The molecule has 34 heavy (non-hydrogen) atoms. The Labute approximate surface area is 201 Å². The predicted molar refractivity (Wildman–Crippen MR) is 129 cm³/mol. The van der Waals surface area contributed by atoms with E-state index in [0.29, 0.717) is 25.2 Å². The first kappa shape index (κ1) is 24.0. The van der Waals surface area contributed by atoms with E-state index in [1.165, 1.54) is 0 Å². The molecule has 0 aliphatic carbocycles. The molecule has 0 spiro atoms. The van der Waals surface area contributed by atoms with Gasteiger partial charge in [0.1, 0.15) is 17.5 Å². The molecule has 2 fully saturated rings. The molecule has 4 rings (SSSR count). The van der Waals surface area contributed by atoms with Crippen LogP contribution in [0.2, 0.25) is 0 Å². The molecule has 8 heteroatoms. The number of carbonyl (C=O) groups excluding carboxylic acids is 2. The summed E-state index contributed by atoms with van der Waals surface area (Å²) in [5.41, 5.74) is 0.640. The van der Waals surface area contributed by atoms with Gasteiger partial charge >= 0.3 is 6.09 Å². The van der Waals surface area contributed by atoms with E-state index >= 15 is 0 Å². The summed E-state index contributed by atoms with van der Waals surface area (Å²) in [4.78, 5) is 31.2. The Kier molecular flexibility index (Phi) is 7.07. The number of likely N-dealkylation sites (tertiary alicyclic amines) is 1. The molecule has 1 atom stereocenters. The fraction of sp³-hybridized carbons (Fsp3) is 0.500. The van der Waals surface area contributed by atoms with Crippen LogP contribution in [-0.4, -0.2) is 59.8 Å². The Morgan fingerprint density at radius 2 is 1.88 bits per heavy atom. The van der Waals surface area contributed by atoms with E-state index < -0.39 is 11.1 Å². The lowest BCUT2D eigenvalue weighted by Crippen LogP contribution is -2.47. The van der Waals surface area contributed by atoms with Crippen molar-refractivity contribution in [2.75, 3.05) is 26.2 Å². The van der Waals surface area contributed by atoms with E-state index in [2.05, 4.69) is 15.6 Å². The number of benzene rings is 1. The zero-order chi connectivity index (χ0) is 24.2. The number of hydrogen-bond donors (Lipinski definition) is 2. The van der Waals surface area contributed by atoms with Crippen LogP contribution >= 0.6 is 0 Å². The molecular weight excluding hydrogens is 432 g/mol. The number of hydrogen-bond acceptors (Lipinski definition) is 6. The van der Waals surface area contributed by atoms with Gasteiger partial charge in [-0.05, 0) is 69.6 Å². The topological polar surface area (TPSA) is 92.8 Å². The Balaban J connectivity index is 1.31. The van der Waals surface area contributed by atoms with Gasteiger partial charge in [0.2, 0.25) is 0 Å².